The molecule has 1 aliphatic heterocycles. The van der Waals surface area contributed by atoms with Crippen molar-refractivity contribution < 1.29 is 19.7 Å². The maximum atomic E-state index is 11.6. The van der Waals surface area contributed by atoms with Gasteiger partial charge in [0.05, 0.1) is 17.3 Å². The van der Waals surface area contributed by atoms with E-state index in [0.29, 0.717) is 23.7 Å². The van der Waals surface area contributed by atoms with Crippen molar-refractivity contribution in [1.82, 2.24) is 0 Å². The van der Waals surface area contributed by atoms with Gasteiger partial charge in [0, 0.05) is 6.42 Å². The van der Waals surface area contributed by atoms with Crippen molar-refractivity contribution in [3.8, 4) is 0 Å². The lowest BCUT2D eigenvalue weighted by Crippen LogP contribution is -2.60. The van der Waals surface area contributed by atoms with Crippen LogP contribution in [0, 0.1) is 39.9 Å². The molecule has 0 aromatic heterocycles. The Kier molecular flexibility index (Phi) is 6.42. The molecule has 4 nitrogen and oxygen atoms in total. The van der Waals surface area contributed by atoms with Gasteiger partial charge in [-0.25, -0.2) is 0 Å². The zero-order chi connectivity index (χ0) is 25.3. The minimum atomic E-state index is -0.795. The molecule has 0 aromatic rings. The van der Waals surface area contributed by atoms with Gasteiger partial charge in [0.15, 0.2) is 0 Å². The highest BCUT2D eigenvalue weighted by Gasteiger charge is 2.68. The minimum Gasteiger partial charge on any atom is -0.481 e. The molecular formula is C30H50O4. The number of hydrogen-bond donors (Lipinski definition) is 2. The molecule has 4 heteroatoms. The molecule has 3 aliphatic carbocycles. The van der Waals surface area contributed by atoms with Crippen LogP contribution in [0.15, 0.2) is 12.2 Å². The molecule has 4 aliphatic rings. The summed E-state index contributed by atoms with van der Waals surface area (Å²) in [5, 5.41) is 20.2. The number of allylic oxidation sites excluding steroid dienone is 1. The molecule has 4 fully saturated rings. The second-order valence-electron chi connectivity index (χ2n) is 14.2. The van der Waals surface area contributed by atoms with Gasteiger partial charge in [-0.15, -0.1) is 0 Å². The third-order valence-corrected chi connectivity index (χ3v) is 12.0. The fourth-order valence-corrected chi connectivity index (χ4v) is 10.0. The fraction of sp³-hybridized carbons (Fsp3) is 0.900. The van der Waals surface area contributed by atoms with E-state index in [1.165, 1.54) is 37.7 Å². The Morgan fingerprint density at radius 3 is 2.18 bits per heavy atom. The Balaban J connectivity index is 1.64. The third-order valence-electron chi connectivity index (χ3n) is 12.0. The summed E-state index contributed by atoms with van der Waals surface area (Å²) in [6.45, 7) is 20.1. The number of rotatable bonds is 6. The second kappa shape index (κ2) is 8.33. The van der Waals surface area contributed by atoms with Gasteiger partial charge in [-0.1, -0.05) is 32.9 Å². The predicted octanol–water partition coefficient (Wildman–Crippen LogP) is 7.00. The number of ether oxygens (including phenoxy) is 1. The van der Waals surface area contributed by atoms with Crippen LogP contribution in [-0.2, 0) is 9.53 Å². The van der Waals surface area contributed by atoms with Crippen molar-refractivity contribution in [2.45, 2.75) is 130 Å². The molecule has 1 heterocycles. The van der Waals surface area contributed by atoms with E-state index in [0.717, 1.165) is 25.7 Å². The zero-order valence-electron chi connectivity index (χ0n) is 22.9. The molecule has 0 radical (unpaired) electrons. The largest absolute Gasteiger partial charge is 0.481 e. The van der Waals surface area contributed by atoms with E-state index in [9.17, 15) is 15.0 Å². The highest BCUT2D eigenvalue weighted by Crippen LogP contribution is 2.74. The van der Waals surface area contributed by atoms with E-state index < -0.39 is 11.6 Å². The molecule has 0 amide bonds. The standard InChI is InChI=1S/C30H50O4/c1-19(2)20-11-17-29(7)23(27(20,5)15-14-25(31)32)10-9-21-22(12-16-28(21,29)6)30(8)18-13-24(34-30)26(3,4)33/h20-24,33H,1,9-18H2,2-8H3,(H,31,32)/t20-,21+,22-,23+,24-,27+,28+,29?,30+/m0/s1. The molecule has 2 N–H and O–H groups in total. The molecular weight excluding hydrogens is 424 g/mol. The molecule has 0 spiro atoms. The van der Waals surface area contributed by atoms with Crippen LogP contribution >= 0.6 is 0 Å². The van der Waals surface area contributed by atoms with Crippen LogP contribution in [0.25, 0.3) is 0 Å². The van der Waals surface area contributed by atoms with Crippen LogP contribution < -0.4 is 0 Å². The minimum absolute atomic E-state index is 0.0109. The van der Waals surface area contributed by atoms with Crippen LogP contribution in [0.2, 0.25) is 0 Å². The van der Waals surface area contributed by atoms with E-state index in [1.54, 1.807) is 0 Å². The quantitative estimate of drug-likeness (QED) is 0.407. The lowest BCUT2D eigenvalue weighted by molar-refractivity contribution is -0.187. The maximum Gasteiger partial charge on any atom is 0.303 e. The van der Waals surface area contributed by atoms with Gasteiger partial charge >= 0.3 is 5.97 Å². The van der Waals surface area contributed by atoms with Gasteiger partial charge in [-0.3, -0.25) is 4.79 Å². The SMILES string of the molecule is C=C(C)[C@@H]1CCC2(C)[C@H](CC[C@@H]3[C@@H]([C@@]4(C)CC[C@@H](C(C)(C)O)O4)CC[C@]32C)[C@]1(C)CCC(=O)O. The topological polar surface area (TPSA) is 66.8 Å². The Morgan fingerprint density at radius 1 is 0.971 bits per heavy atom. The summed E-state index contributed by atoms with van der Waals surface area (Å²) in [6, 6.07) is 0. The van der Waals surface area contributed by atoms with E-state index in [2.05, 4.69) is 41.2 Å². The first-order valence-electron chi connectivity index (χ1n) is 13.9. The smallest absolute Gasteiger partial charge is 0.303 e. The fourth-order valence-electron chi connectivity index (χ4n) is 10.0. The summed E-state index contributed by atoms with van der Waals surface area (Å²) in [7, 11) is 0. The molecule has 4 rings (SSSR count). The lowest BCUT2D eigenvalue weighted by atomic mass is 9.38. The monoisotopic (exact) mass is 474 g/mol. The number of carboxylic acid groups (broad SMARTS) is 1. The highest BCUT2D eigenvalue weighted by molar-refractivity contribution is 5.66. The number of aliphatic hydroxyl groups is 1. The van der Waals surface area contributed by atoms with Crippen molar-refractivity contribution in [3.63, 3.8) is 0 Å². The molecule has 0 bridgehead atoms. The van der Waals surface area contributed by atoms with Crippen LogP contribution in [0.3, 0.4) is 0 Å². The summed E-state index contributed by atoms with van der Waals surface area (Å²) in [5.41, 5.74) is 0.714. The summed E-state index contributed by atoms with van der Waals surface area (Å²) >= 11 is 0. The van der Waals surface area contributed by atoms with Crippen molar-refractivity contribution in [3.05, 3.63) is 12.2 Å². The number of hydrogen-bond acceptors (Lipinski definition) is 3. The summed E-state index contributed by atoms with van der Waals surface area (Å²) in [4.78, 5) is 11.6. The van der Waals surface area contributed by atoms with Crippen LogP contribution in [0.5, 0.6) is 0 Å². The molecule has 1 saturated heterocycles. The molecule has 1 unspecified atom stereocenters. The van der Waals surface area contributed by atoms with E-state index >= 15 is 0 Å². The maximum absolute atomic E-state index is 11.6. The first-order valence-corrected chi connectivity index (χ1v) is 13.9. The average molecular weight is 475 g/mol. The van der Waals surface area contributed by atoms with Crippen LogP contribution in [0.4, 0.5) is 0 Å². The van der Waals surface area contributed by atoms with E-state index in [-0.39, 0.29) is 34.4 Å². The van der Waals surface area contributed by atoms with Gasteiger partial charge in [0.2, 0.25) is 0 Å². The van der Waals surface area contributed by atoms with Crippen molar-refractivity contribution in [1.29, 1.82) is 0 Å². The zero-order valence-corrected chi connectivity index (χ0v) is 22.9. The van der Waals surface area contributed by atoms with Crippen molar-refractivity contribution >= 4 is 5.97 Å². The van der Waals surface area contributed by atoms with E-state index in [4.69, 9.17) is 4.74 Å². The predicted molar refractivity (Wildman–Crippen MR) is 136 cm³/mol. The van der Waals surface area contributed by atoms with Gasteiger partial charge in [-0.05, 0) is 125 Å². The van der Waals surface area contributed by atoms with Crippen molar-refractivity contribution in [2.75, 3.05) is 0 Å². The summed E-state index contributed by atoms with van der Waals surface area (Å²) in [6.07, 6.45) is 10.0. The molecule has 9 atom stereocenters. The number of carbonyl (C=O) groups is 1. The first kappa shape index (κ1) is 26.2. The first-order chi connectivity index (χ1) is 15.6. The van der Waals surface area contributed by atoms with Crippen molar-refractivity contribution in [2.24, 2.45) is 39.9 Å². The van der Waals surface area contributed by atoms with Gasteiger partial charge in [-0.2, -0.15) is 0 Å². The molecule has 194 valence electrons. The lowest BCUT2D eigenvalue weighted by Gasteiger charge is -2.66. The van der Waals surface area contributed by atoms with Gasteiger partial charge in [0.25, 0.3) is 0 Å². The van der Waals surface area contributed by atoms with Gasteiger partial charge in [0.1, 0.15) is 0 Å². The number of fused-ring (bicyclic) bond motifs is 3. The Morgan fingerprint density at radius 2 is 1.62 bits per heavy atom. The number of aliphatic carboxylic acids is 1. The van der Waals surface area contributed by atoms with Crippen LogP contribution in [0.1, 0.15) is 113 Å². The summed E-state index contributed by atoms with van der Waals surface area (Å²) in [5.74, 6) is 1.42. The third kappa shape index (κ3) is 3.81. The van der Waals surface area contributed by atoms with Crippen LogP contribution in [-0.4, -0.2) is 33.5 Å². The Labute approximate surface area is 207 Å². The molecule has 3 saturated carbocycles. The molecule has 34 heavy (non-hydrogen) atoms. The van der Waals surface area contributed by atoms with Gasteiger partial charge < -0.3 is 14.9 Å². The second-order valence-corrected chi connectivity index (χ2v) is 14.2. The normalized spacial score (nSPS) is 48.9. The Bertz CT molecular complexity index is 828. The number of carboxylic acids is 1. The molecule has 0 aromatic carbocycles. The Hall–Kier alpha value is -0.870. The summed E-state index contributed by atoms with van der Waals surface area (Å²) < 4.78 is 6.69. The average Bonchev–Trinajstić information content (AvgIpc) is 3.29. The highest BCUT2D eigenvalue weighted by atomic mass is 16.5. The van der Waals surface area contributed by atoms with E-state index in [1.807, 2.05) is 13.8 Å².